The molecule has 0 fully saturated rings. The lowest BCUT2D eigenvalue weighted by molar-refractivity contribution is 0.772. The number of nitrogens with zero attached hydrogens (tertiary/aromatic N) is 1. The van der Waals surface area contributed by atoms with Crippen molar-refractivity contribution in [3.8, 4) is 0 Å². The quantitative estimate of drug-likeness (QED) is 0.265. The van der Waals surface area contributed by atoms with Crippen LogP contribution in [0.1, 0.15) is 101 Å². The van der Waals surface area contributed by atoms with E-state index in [1.807, 2.05) is 6.21 Å². The Bertz CT molecular complexity index is 1280. The van der Waals surface area contributed by atoms with Gasteiger partial charge in [0.25, 0.3) is 0 Å². The Labute approximate surface area is 258 Å². The molecule has 0 amide bonds. The summed E-state index contributed by atoms with van der Waals surface area (Å²) < 4.78 is 0. The van der Waals surface area contributed by atoms with Gasteiger partial charge < -0.3 is 0 Å². The number of rotatable bonds is 6. The average molecular weight is 562 g/mol. The second-order valence-corrected chi connectivity index (χ2v) is 11.2. The van der Waals surface area contributed by atoms with E-state index < -0.39 is 0 Å². The van der Waals surface area contributed by atoms with Crippen LogP contribution in [0.15, 0.2) is 126 Å². The van der Waals surface area contributed by atoms with Crippen LogP contribution in [0.4, 0.5) is 0 Å². The molecule has 3 aromatic rings. The number of aliphatic imine (C=N–C) groups is 1. The first-order chi connectivity index (χ1) is 20.2. The van der Waals surface area contributed by atoms with Crippen LogP contribution in [0.3, 0.4) is 0 Å². The number of unbranched alkanes of at least 4 members (excludes halogenated alkanes) is 2. The number of benzene rings is 3. The van der Waals surface area contributed by atoms with Crippen molar-refractivity contribution in [2.24, 2.45) is 4.99 Å². The predicted molar refractivity (Wildman–Crippen MR) is 191 cm³/mol. The van der Waals surface area contributed by atoms with Crippen LogP contribution in [0.5, 0.6) is 0 Å². The monoisotopic (exact) mass is 561 g/mol. The summed E-state index contributed by atoms with van der Waals surface area (Å²) in [5.41, 5.74) is 11.8. The van der Waals surface area contributed by atoms with E-state index >= 15 is 0 Å². The van der Waals surface area contributed by atoms with Gasteiger partial charge in [-0.05, 0) is 84.6 Å². The van der Waals surface area contributed by atoms with Crippen molar-refractivity contribution in [1.29, 1.82) is 0 Å². The summed E-state index contributed by atoms with van der Waals surface area (Å²) in [5, 5.41) is 0. The van der Waals surface area contributed by atoms with Crippen LogP contribution in [0.2, 0.25) is 0 Å². The molecule has 0 aliphatic carbocycles. The van der Waals surface area contributed by atoms with E-state index in [-0.39, 0.29) is 0 Å². The van der Waals surface area contributed by atoms with Gasteiger partial charge in [0.2, 0.25) is 0 Å². The Hall–Kier alpha value is -3.71. The third-order valence-corrected chi connectivity index (χ3v) is 7.08. The largest absolute Gasteiger partial charge is 0.288 e. The second-order valence-electron chi connectivity index (χ2n) is 11.2. The van der Waals surface area contributed by atoms with E-state index in [9.17, 15) is 0 Å². The van der Waals surface area contributed by atoms with Crippen LogP contribution < -0.4 is 0 Å². The summed E-state index contributed by atoms with van der Waals surface area (Å²) in [7, 11) is 0. The zero-order chi connectivity index (χ0) is 31.3. The van der Waals surface area contributed by atoms with Gasteiger partial charge >= 0.3 is 0 Å². The maximum absolute atomic E-state index is 4.47. The minimum Gasteiger partial charge on any atom is -0.288 e. The Morgan fingerprint density at radius 3 is 1.81 bits per heavy atom. The summed E-state index contributed by atoms with van der Waals surface area (Å²) in [6.45, 7) is 24.2. The number of hydrogen-bond acceptors (Lipinski definition) is 1. The Morgan fingerprint density at radius 1 is 0.690 bits per heavy atom. The molecule has 1 heterocycles. The van der Waals surface area contributed by atoms with Crippen LogP contribution in [0, 0.1) is 6.92 Å². The number of hydrogen-bond donors (Lipinski definition) is 0. The lowest BCUT2D eigenvalue weighted by Crippen LogP contribution is -1.90. The standard InChI is InChI=1S/C18H21N.C16H18.C5H12.C2H4/c1-13-9-17(18-8-6-5-7-14(18)2)10-15(3)16(4)12-19-11-13;1-13(2)16-10-8-15(9-11-16)12-14-6-4-3-5-7-14;1-3-5-4-2;1-2/h5-10,12H,11H2,1-4H3;3-11,13H,12H2,1-2H3;3-5H2,1-2H3;1-2H2/b13-9-,16-15+,17-10+,19-12?;;;. The van der Waals surface area contributed by atoms with Crippen LogP contribution >= 0.6 is 0 Å². The van der Waals surface area contributed by atoms with E-state index in [1.165, 1.54) is 69.4 Å². The number of allylic oxidation sites excluding steroid dienone is 5. The first-order valence-electron chi connectivity index (χ1n) is 15.5. The maximum atomic E-state index is 4.47. The van der Waals surface area contributed by atoms with Gasteiger partial charge in [-0.2, -0.15) is 0 Å². The summed E-state index contributed by atoms with van der Waals surface area (Å²) in [6, 6.07) is 28.1. The van der Waals surface area contributed by atoms with Crippen LogP contribution in [-0.4, -0.2) is 12.8 Å². The Kier molecular flexibility index (Phi) is 18.2. The molecule has 224 valence electrons. The molecular weight excluding hydrogens is 506 g/mol. The molecule has 0 radical (unpaired) electrons. The van der Waals surface area contributed by atoms with E-state index in [1.54, 1.807) is 0 Å². The van der Waals surface area contributed by atoms with Crippen molar-refractivity contribution in [2.45, 2.75) is 87.0 Å². The summed E-state index contributed by atoms with van der Waals surface area (Å²) >= 11 is 0. The summed E-state index contributed by atoms with van der Waals surface area (Å²) in [4.78, 5) is 4.47. The van der Waals surface area contributed by atoms with Crippen molar-refractivity contribution in [3.63, 3.8) is 0 Å². The summed E-state index contributed by atoms with van der Waals surface area (Å²) in [5.74, 6) is 0.616. The molecule has 1 aliphatic rings. The van der Waals surface area contributed by atoms with E-state index in [2.05, 4.69) is 165 Å². The van der Waals surface area contributed by atoms with E-state index in [0.717, 1.165) is 13.0 Å². The molecule has 0 N–H and O–H groups in total. The van der Waals surface area contributed by atoms with Gasteiger partial charge in [-0.3, -0.25) is 4.99 Å². The Balaban J connectivity index is 0.000000348. The van der Waals surface area contributed by atoms with Gasteiger partial charge in [0.1, 0.15) is 0 Å². The highest BCUT2D eigenvalue weighted by molar-refractivity contribution is 5.84. The second kappa shape index (κ2) is 21.1. The van der Waals surface area contributed by atoms with Gasteiger partial charge in [-0.25, -0.2) is 0 Å². The minimum atomic E-state index is 0.616. The third kappa shape index (κ3) is 13.8. The fourth-order valence-corrected chi connectivity index (χ4v) is 4.39. The van der Waals surface area contributed by atoms with Crippen molar-refractivity contribution in [1.82, 2.24) is 0 Å². The zero-order valence-corrected chi connectivity index (χ0v) is 27.7. The molecule has 0 atom stereocenters. The van der Waals surface area contributed by atoms with Crippen LogP contribution in [0.25, 0.3) is 5.57 Å². The normalized spacial score (nSPS) is 16.8. The van der Waals surface area contributed by atoms with Gasteiger partial charge in [0, 0.05) is 6.21 Å². The van der Waals surface area contributed by atoms with Crippen molar-refractivity contribution >= 4 is 11.8 Å². The molecule has 0 aromatic heterocycles. The molecule has 0 saturated heterocycles. The number of aryl methyl sites for hydroxylation is 1. The van der Waals surface area contributed by atoms with Gasteiger partial charge in [-0.15, -0.1) is 13.2 Å². The molecule has 4 rings (SSSR count). The molecule has 0 unspecified atom stereocenters. The molecule has 0 spiro atoms. The van der Waals surface area contributed by atoms with E-state index in [4.69, 9.17) is 0 Å². The maximum Gasteiger partial charge on any atom is 0.0600 e. The molecule has 1 aliphatic heterocycles. The fourth-order valence-electron chi connectivity index (χ4n) is 4.39. The highest BCUT2D eigenvalue weighted by Gasteiger charge is 2.05. The molecule has 1 heteroatoms. The lowest BCUT2D eigenvalue weighted by Gasteiger charge is -2.09. The van der Waals surface area contributed by atoms with Gasteiger partial charge in [0.15, 0.2) is 0 Å². The molecular formula is C41H55N. The van der Waals surface area contributed by atoms with Crippen LogP contribution in [-0.2, 0) is 6.42 Å². The SMILES string of the molecule is C/C1=C/C(c2ccccc2C)=C\C(C)=C(/C)C=NC1.C=C.CC(C)c1ccc(Cc2ccccc2)cc1.CCCCC. The van der Waals surface area contributed by atoms with E-state index in [0.29, 0.717) is 5.92 Å². The minimum absolute atomic E-state index is 0.616. The van der Waals surface area contributed by atoms with Gasteiger partial charge in [0.05, 0.1) is 6.54 Å². The topological polar surface area (TPSA) is 12.4 Å². The van der Waals surface area contributed by atoms with Gasteiger partial charge in [-0.1, -0.05) is 144 Å². The first-order valence-corrected chi connectivity index (χ1v) is 15.5. The molecule has 3 aromatic carbocycles. The average Bonchev–Trinajstić information content (AvgIpc) is 3.05. The first kappa shape index (κ1) is 36.3. The Morgan fingerprint density at radius 2 is 1.26 bits per heavy atom. The fraction of sp³-hybridized carbons (Fsp3) is 0.341. The zero-order valence-electron chi connectivity index (χ0n) is 27.7. The lowest BCUT2D eigenvalue weighted by atomic mass is 9.96. The summed E-state index contributed by atoms with van der Waals surface area (Å²) in [6.07, 6.45) is 11.6. The molecule has 42 heavy (non-hydrogen) atoms. The molecule has 0 bridgehead atoms. The third-order valence-electron chi connectivity index (χ3n) is 7.08. The highest BCUT2D eigenvalue weighted by atomic mass is 14.7. The smallest absolute Gasteiger partial charge is 0.0600 e. The highest BCUT2D eigenvalue weighted by Crippen LogP contribution is 2.24. The predicted octanol–water partition coefficient (Wildman–Crippen LogP) is 12.1. The van der Waals surface area contributed by atoms with Crippen molar-refractivity contribution in [2.75, 3.05) is 6.54 Å². The molecule has 0 saturated carbocycles. The molecule has 1 nitrogen and oxygen atoms in total. The van der Waals surface area contributed by atoms with Crippen molar-refractivity contribution in [3.05, 3.63) is 149 Å². The van der Waals surface area contributed by atoms with Crippen molar-refractivity contribution < 1.29 is 0 Å².